The van der Waals surface area contributed by atoms with Gasteiger partial charge in [0.25, 0.3) is 0 Å². The minimum absolute atomic E-state index is 0.144. The van der Waals surface area contributed by atoms with E-state index < -0.39 is 6.04 Å². The second-order valence-corrected chi connectivity index (χ2v) is 8.08. The van der Waals surface area contributed by atoms with Crippen LogP contribution >= 0.6 is 0 Å². The second kappa shape index (κ2) is 13.3. The summed E-state index contributed by atoms with van der Waals surface area (Å²) in [7, 11) is 1.62. The average molecular weight is 463 g/mol. The minimum atomic E-state index is -0.808. The van der Waals surface area contributed by atoms with E-state index in [1.165, 1.54) is 12.1 Å². The molecule has 0 radical (unpaired) electrons. The fourth-order valence-corrected chi connectivity index (χ4v) is 3.78. The summed E-state index contributed by atoms with van der Waals surface area (Å²) >= 11 is 0. The summed E-state index contributed by atoms with van der Waals surface area (Å²) in [4.78, 5) is 28.5. The molecule has 6 heteroatoms. The first kappa shape index (κ1) is 25.1. The average Bonchev–Trinajstić information content (AvgIpc) is 2.87. The van der Waals surface area contributed by atoms with E-state index in [4.69, 9.17) is 4.74 Å². The highest BCUT2D eigenvalue weighted by Gasteiger charge is 2.31. The Morgan fingerprint density at radius 3 is 2.21 bits per heavy atom. The molecule has 34 heavy (non-hydrogen) atoms. The fourth-order valence-electron chi connectivity index (χ4n) is 3.78. The van der Waals surface area contributed by atoms with Crippen molar-refractivity contribution < 1.29 is 18.7 Å². The number of amides is 2. The third-order valence-electron chi connectivity index (χ3n) is 5.56. The molecule has 0 heterocycles. The van der Waals surface area contributed by atoms with Gasteiger partial charge in [-0.05, 0) is 41.7 Å². The molecule has 178 valence electrons. The summed E-state index contributed by atoms with van der Waals surface area (Å²) in [5, 5.41) is 2.95. The van der Waals surface area contributed by atoms with Crippen LogP contribution in [-0.4, -0.2) is 37.0 Å². The van der Waals surface area contributed by atoms with Crippen molar-refractivity contribution in [1.82, 2.24) is 10.2 Å². The van der Waals surface area contributed by atoms with Gasteiger partial charge in [0.2, 0.25) is 11.8 Å². The molecule has 0 saturated heterocycles. The van der Waals surface area contributed by atoms with Gasteiger partial charge in [0, 0.05) is 33.2 Å². The molecule has 0 aliphatic heterocycles. The number of methoxy groups -OCH3 is 1. The Hall–Kier alpha value is -3.51. The van der Waals surface area contributed by atoms with Crippen LogP contribution in [-0.2, 0) is 27.3 Å². The summed E-state index contributed by atoms with van der Waals surface area (Å²) in [6.07, 6.45) is 1.49. The SMILES string of the molecule is COCCCNC(=O)C(c1ccccc1)N(Cc1ccc(F)cc1)C(=O)CCc1ccccc1. The molecular weight excluding hydrogens is 431 g/mol. The number of carbonyl (C=O) groups is 2. The van der Waals surface area contributed by atoms with Crippen LogP contribution in [0.5, 0.6) is 0 Å². The number of hydrogen-bond donors (Lipinski definition) is 1. The van der Waals surface area contributed by atoms with Gasteiger partial charge in [0.15, 0.2) is 0 Å². The molecular formula is C28H31FN2O3. The van der Waals surface area contributed by atoms with Crippen LogP contribution in [0.25, 0.3) is 0 Å². The number of nitrogens with one attached hydrogen (secondary N) is 1. The van der Waals surface area contributed by atoms with E-state index in [0.717, 1.165) is 16.7 Å². The molecule has 0 aliphatic carbocycles. The molecule has 0 bridgehead atoms. The summed E-state index contributed by atoms with van der Waals surface area (Å²) in [5.41, 5.74) is 2.53. The number of halogens is 1. The van der Waals surface area contributed by atoms with E-state index in [0.29, 0.717) is 26.0 Å². The Bertz CT molecular complexity index is 1030. The van der Waals surface area contributed by atoms with Gasteiger partial charge in [0.1, 0.15) is 11.9 Å². The van der Waals surface area contributed by atoms with Gasteiger partial charge >= 0.3 is 0 Å². The number of nitrogens with zero attached hydrogens (tertiary/aromatic N) is 1. The van der Waals surface area contributed by atoms with Crippen LogP contribution in [0, 0.1) is 5.82 Å². The van der Waals surface area contributed by atoms with Crippen molar-refractivity contribution in [3.63, 3.8) is 0 Å². The number of rotatable bonds is 12. The Morgan fingerprint density at radius 1 is 0.912 bits per heavy atom. The minimum Gasteiger partial charge on any atom is -0.385 e. The number of hydrogen-bond acceptors (Lipinski definition) is 3. The maximum atomic E-state index is 13.5. The predicted octanol–water partition coefficient (Wildman–Crippen LogP) is 4.68. The molecule has 0 fully saturated rings. The Balaban J connectivity index is 1.88. The topological polar surface area (TPSA) is 58.6 Å². The molecule has 1 unspecified atom stereocenters. The molecule has 3 aromatic rings. The second-order valence-electron chi connectivity index (χ2n) is 8.08. The lowest BCUT2D eigenvalue weighted by molar-refractivity contribution is -0.141. The number of benzene rings is 3. The Kier molecular flexibility index (Phi) is 9.80. The lowest BCUT2D eigenvalue weighted by Crippen LogP contribution is -2.43. The number of carbonyl (C=O) groups excluding carboxylic acids is 2. The van der Waals surface area contributed by atoms with Gasteiger partial charge in [-0.15, -0.1) is 0 Å². The first-order valence-corrected chi connectivity index (χ1v) is 11.5. The van der Waals surface area contributed by atoms with Crippen molar-refractivity contribution in [2.75, 3.05) is 20.3 Å². The van der Waals surface area contributed by atoms with E-state index in [1.54, 1.807) is 24.1 Å². The largest absolute Gasteiger partial charge is 0.385 e. The maximum absolute atomic E-state index is 13.5. The zero-order chi connectivity index (χ0) is 24.2. The highest BCUT2D eigenvalue weighted by atomic mass is 19.1. The zero-order valence-corrected chi connectivity index (χ0v) is 19.5. The quantitative estimate of drug-likeness (QED) is 0.398. The lowest BCUT2D eigenvalue weighted by atomic mass is 10.0. The summed E-state index contributed by atoms with van der Waals surface area (Å²) in [6, 6.07) is 24.3. The van der Waals surface area contributed by atoms with E-state index in [1.807, 2.05) is 60.7 Å². The molecule has 1 N–H and O–H groups in total. The van der Waals surface area contributed by atoms with Crippen LogP contribution in [0.3, 0.4) is 0 Å². The molecule has 3 aromatic carbocycles. The highest BCUT2D eigenvalue weighted by Crippen LogP contribution is 2.25. The third-order valence-corrected chi connectivity index (χ3v) is 5.56. The van der Waals surface area contributed by atoms with Crippen molar-refractivity contribution in [2.45, 2.75) is 31.8 Å². The third kappa shape index (κ3) is 7.52. The van der Waals surface area contributed by atoms with Crippen LogP contribution in [0.15, 0.2) is 84.9 Å². The molecule has 2 amide bonds. The van der Waals surface area contributed by atoms with Gasteiger partial charge in [-0.2, -0.15) is 0 Å². The van der Waals surface area contributed by atoms with E-state index in [2.05, 4.69) is 5.32 Å². The van der Waals surface area contributed by atoms with Crippen molar-refractivity contribution >= 4 is 11.8 Å². The summed E-state index contributed by atoms with van der Waals surface area (Å²) < 4.78 is 18.6. The van der Waals surface area contributed by atoms with Crippen molar-refractivity contribution in [2.24, 2.45) is 0 Å². The van der Waals surface area contributed by atoms with Crippen molar-refractivity contribution in [1.29, 1.82) is 0 Å². The Labute approximate surface area is 200 Å². The lowest BCUT2D eigenvalue weighted by Gasteiger charge is -2.32. The fraction of sp³-hybridized carbons (Fsp3) is 0.286. The van der Waals surface area contributed by atoms with Crippen LogP contribution < -0.4 is 5.32 Å². The van der Waals surface area contributed by atoms with Crippen LogP contribution in [0.1, 0.15) is 35.6 Å². The van der Waals surface area contributed by atoms with Gasteiger partial charge < -0.3 is 15.0 Å². The molecule has 0 aliphatic rings. The highest BCUT2D eigenvalue weighted by molar-refractivity contribution is 5.88. The number of aryl methyl sites for hydroxylation is 1. The smallest absolute Gasteiger partial charge is 0.247 e. The van der Waals surface area contributed by atoms with Gasteiger partial charge in [0.05, 0.1) is 0 Å². The van der Waals surface area contributed by atoms with Crippen LogP contribution in [0.2, 0.25) is 0 Å². The number of ether oxygens (including phenoxy) is 1. The molecule has 0 aromatic heterocycles. The first-order valence-electron chi connectivity index (χ1n) is 11.5. The molecule has 1 atom stereocenters. The van der Waals surface area contributed by atoms with E-state index in [9.17, 15) is 14.0 Å². The molecule has 5 nitrogen and oxygen atoms in total. The van der Waals surface area contributed by atoms with Gasteiger partial charge in [-0.1, -0.05) is 72.8 Å². The van der Waals surface area contributed by atoms with Crippen molar-refractivity contribution in [3.8, 4) is 0 Å². The predicted molar refractivity (Wildman–Crippen MR) is 130 cm³/mol. The van der Waals surface area contributed by atoms with E-state index >= 15 is 0 Å². The first-order chi connectivity index (χ1) is 16.6. The van der Waals surface area contributed by atoms with Crippen LogP contribution in [0.4, 0.5) is 4.39 Å². The normalized spacial score (nSPS) is 11.6. The zero-order valence-electron chi connectivity index (χ0n) is 19.5. The standard InChI is InChI=1S/C28H31FN2O3/c1-34-20-8-19-30-28(33)27(24-11-6-3-7-12-24)31(21-23-13-16-25(29)17-14-23)26(32)18-15-22-9-4-2-5-10-22/h2-7,9-14,16-17,27H,8,15,18-21H2,1H3,(H,30,33). The Morgan fingerprint density at radius 2 is 1.56 bits per heavy atom. The molecule has 0 spiro atoms. The van der Waals surface area contributed by atoms with Crippen molar-refractivity contribution in [3.05, 3.63) is 107 Å². The summed E-state index contributed by atoms with van der Waals surface area (Å²) in [5.74, 6) is -0.743. The van der Waals surface area contributed by atoms with Gasteiger partial charge in [-0.25, -0.2) is 4.39 Å². The van der Waals surface area contributed by atoms with E-state index in [-0.39, 0.29) is 30.6 Å². The monoisotopic (exact) mass is 462 g/mol. The molecule has 0 saturated carbocycles. The molecule has 3 rings (SSSR count). The van der Waals surface area contributed by atoms with Gasteiger partial charge in [-0.3, -0.25) is 9.59 Å². The maximum Gasteiger partial charge on any atom is 0.247 e. The summed E-state index contributed by atoms with van der Waals surface area (Å²) in [6.45, 7) is 1.17.